The van der Waals surface area contributed by atoms with Crippen LogP contribution in [0, 0.1) is 0 Å². The van der Waals surface area contributed by atoms with E-state index in [1.54, 1.807) is 7.11 Å². The van der Waals surface area contributed by atoms with Gasteiger partial charge in [-0.2, -0.15) is 0 Å². The highest BCUT2D eigenvalue weighted by atomic mass is 16.5. The van der Waals surface area contributed by atoms with Gasteiger partial charge in [0.15, 0.2) is 5.96 Å². The molecule has 0 aliphatic heterocycles. The molecule has 4 nitrogen and oxygen atoms in total. The Morgan fingerprint density at radius 2 is 2.14 bits per heavy atom. The molecule has 14 heavy (non-hydrogen) atoms. The summed E-state index contributed by atoms with van der Waals surface area (Å²) in [7, 11) is 1.72. The molecule has 0 bridgehead atoms. The van der Waals surface area contributed by atoms with Crippen LogP contribution in [0.25, 0.3) is 0 Å². The Bertz CT molecular complexity index is 221. The third-order valence-electron chi connectivity index (χ3n) is 2.68. The number of nitrogens with zero attached hydrogens (tertiary/aromatic N) is 2. The lowest BCUT2D eigenvalue weighted by atomic mass is 10.5. The molecule has 2 saturated carbocycles. The molecule has 2 aliphatic carbocycles. The van der Waals surface area contributed by atoms with Gasteiger partial charge in [0.2, 0.25) is 0 Å². The van der Waals surface area contributed by atoms with Crippen LogP contribution in [0.1, 0.15) is 25.7 Å². The van der Waals surface area contributed by atoms with E-state index in [2.05, 4.69) is 9.89 Å². The second-order valence-corrected chi connectivity index (χ2v) is 4.14. The lowest BCUT2D eigenvalue weighted by Gasteiger charge is -2.22. The number of nitrogens with two attached hydrogens (primary N) is 1. The molecule has 0 aromatic rings. The van der Waals surface area contributed by atoms with Gasteiger partial charge < -0.3 is 15.4 Å². The number of guanidine groups is 1. The maximum absolute atomic E-state index is 5.96. The summed E-state index contributed by atoms with van der Waals surface area (Å²) in [5.41, 5.74) is 5.96. The average molecular weight is 197 g/mol. The maximum atomic E-state index is 5.96. The third-order valence-corrected chi connectivity index (χ3v) is 2.68. The minimum Gasteiger partial charge on any atom is -0.383 e. The van der Waals surface area contributed by atoms with Crippen molar-refractivity contribution in [1.29, 1.82) is 0 Å². The molecule has 0 atom stereocenters. The molecular weight excluding hydrogens is 178 g/mol. The summed E-state index contributed by atoms with van der Waals surface area (Å²) in [6.45, 7) is 1.61. The van der Waals surface area contributed by atoms with Crippen LogP contribution in [0.15, 0.2) is 4.99 Å². The summed E-state index contributed by atoms with van der Waals surface area (Å²) in [5, 5.41) is 0. The van der Waals surface area contributed by atoms with E-state index in [9.17, 15) is 0 Å². The molecule has 0 saturated heterocycles. The second-order valence-electron chi connectivity index (χ2n) is 4.14. The Morgan fingerprint density at radius 1 is 1.43 bits per heavy atom. The van der Waals surface area contributed by atoms with Crippen LogP contribution in [0.5, 0.6) is 0 Å². The van der Waals surface area contributed by atoms with E-state index in [-0.39, 0.29) is 0 Å². The predicted octanol–water partition coefficient (Wildman–Crippen LogP) is 0.574. The molecule has 80 valence electrons. The van der Waals surface area contributed by atoms with E-state index in [1.807, 2.05) is 0 Å². The van der Waals surface area contributed by atoms with Gasteiger partial charge >= 0.3 is 0 Å². The van der Waals surface area contributed by atoms with Gasteiger partial charge in [-0.25, -0.2) is 4.99 Å². The normalized spacial score (nSPS) is 22.5. The predicted molar refractivity (Wildman–Crippen MR) is 56.2 cm³/mol. The highest BCUT2D eigenvalue weighted by molar-refractivity contribution is 5.79. The molecular formula is C10H19N3O. The fourth-order valence-corrected chi connectivity index (χ4v) is 1.52. The van der Waals surface area contributed by atoms with Gasteiger partial charge in [0.1, 0.15) is 0 Å². The summed E-state index contributed by atoms with van der Waals surface area (Å²) in [5.74, 6) is 0.729. The number of methoxy groups -OCH3 is 1. The van der Waals surface area contributed by atoms with E-state index in [0.717, 1.165) is 19.1 Å². The molecule has 0 radical (unpaired) electrons. The van der Waals surface area contributed by atoms with E-state index in [1.165, 1.54) is 25.7 Å². The van der Waals surface area contributed by atoms with Crippen molar-refractivity contribution in [2.75, 3.05) is 20.3 Å². The zero-order valence-corrected chi connectivity index (χ0v) is 8.78. The number of rotatable bonds is 5. The van der Waals surface area contributed by atoms with Crippen molar-refractivity contribution < 1.29 is 4.74 Å². The number of ether oxygens (including phenoxy) is 1. The molecule has 0 spiro atoms. The Morgan fingerprint density at radius 3 is 2.64 bits per heavy atom. The standard InChI is InChI=1S/C10H19N3O/c1-14-7-6-13(9-4-5-9)10(11)12-8-2-3-8/h8-9H,2-7H2,1H3,(H2,11,12). The monoisotopic (exact) mass is 197 g/mol. The second kappa shape index (κ2) is 4.17. The first-order valence-corrected chi connectivity index (χ1v) is 5.40. The average Bonchev–Trinajstić information content (AvgIpc) is 2.98. The van der Waals surface area contributed by atoms with Gasteiger partial charge in [0, 0.05) is 19.7 Å². The lowest BCUT2D eigenvalue weighted by molar-refractivity contribution is 0.173. The topological polar surface area (TPSA) is 50.9 Å². The zero-order valence-electron chi connectivity index (χ0n) is 8.78. The van der Waals surface area contributed by atoms with Crippen molar-refractivity contribution in [1.82, 2.24) is 4.90 Å². The van der Waals surface area contributed by atoms with Crippen LogP contribution in [0.2, 0.25) is 0 Å². The van der Waals surface area contributed by atoms with Crippen molar-refractivity contribution >= 4 is 5.96 Å². The van der Waals surface area contributed by atoms with Gasteiger partial charge in [0.25, 0.3) is 0 Å². The Balaban J connectivity index is 1.87. The fraction of sp³-hybridized carbons (Fsp3) is 0.900. The van der Waals surface area contributed by atoms with Crippen LogP contribution < -0.4 is 5.73 Å². The van der Waals surface area contributed by atoms with Gasteiger partial charge in [0.05, 0.1) is 12.6 Å². The third kappa shape index (κ3) is 2.61. The maximum Gasteiger partial charge on any atom is 0.191 e. The molecule has 2 rings (SSSR count). The Hall–Kier alpha value is -0.770. The molecule has 0 amide bonds. The van der Waals surface area contributed by atoms with Crippen LogP contribution in [-0.2, 0) is 4.74 Å². The Labute approximate surface area is 85.1 Å². The van der Waals surface area contributed by atoms with Crippen molar-refractivity contribution in [3.8, 4) is 0 Å². The molecule has 2 fully saturated rings. The first-order valence-electron chi connectivity index (χ1n) is 5.40. The highest BCUT2D eigenvalue weighted by Crippen LogP contribution is 2.28. The summed E-state index contributed by atoms with van der Waals surface area (Å²) in [6.07, 6.45) is 4.93. The van der Waals surface area contributed by atoms with E-state index in [0.29, 0.717) is 12.1 Å². The molecule has 0 unspecified atom stereocenters. The van der Waals surface area contributed by atoms with Gasteiger partial charge in [-0.3, -0.25) is 0 Å². The summed E-state index contributed by atoms with van der Waals surface area (Å²) >= 11 is 0. The minimum absolute atomic E-state index is 0.513. The fourth-order valence-electron chi connectivity index (χ4n) is 1.52. The number of hydrogen-bond donors (Lipinski definition) is 1. The minimum atomic E-state index is 0.513. The molecule has 2 N–H and O–H groups in total. The van der Waals surface area contributed by atoms with E-state index in [4.69, 9.17) is 10.5 Å². The van der Waals surface area contributed by atoms with Crippen molar-refractivity contribution in [2.45, 2.75) is 37.8 Å². The SMILES string of the molecule is COCCN(C(N)=NC1CC1)C1CC1. The largest absolute Gasteiger partial charge is 0.383 e. The zero-order chi connectivity index (χ0) is 9.97. The first-order chi connectivity index (χ1) is 6.81. The van der Waals surface area contributed by atoms with Crippen LogP contribution >= 0.6 is 0 Å². The summed E-state index contributed by atoms with van der Waals surface area (Å²) < 4.78 is 5.07. The highest BCUT2D eigenvalue weighted by Gasteiger charge is 2.31. The van der Waals surface area contributed by atoms with Gasteiger partial charge in [-0.1, -0.05) is 0 Å². The first kappa shape index (κ1) is 9.77. The molecule has 4 heteroatoms. The van der Waals surface area contributed by atoms with Crippen LogP contribution in [0.3, 0.4) is 0 Å². The Kier molecular flexibility index (Phi) is 2.91. The molecule has 2 aliphatic rings. The van der Waals surface area contributed by atoms with E-state index < -0.39 is 0 Å². The summed E-state index contributed by atoms with van der Waals surface area (Å²) in [6, 6.07) is 1.14. The number of aliphatic imine (C=N–C) groups is 1. The van der Waals surface area contributed by atoms with Crippen LogP contribution in [0.4, 0.5) is 0 Å². The smallest absolute Gasteiger partial charge is 0.191 e. The quantitative estimate of drug-likeness (QED) is 0.518. The van der Waals surface area contributed by atoms with Crippen molar-refractivity contribution in [2.24, 2.45) is 10.7 Å². The van der Waals surface area contributed by atoms with Crippen LogP contribution in [-0.4, -0.2) is 43.2 Å². The van der Waals surface area contributed by atoms with Crippen molar-refractivity contribution in [3.63, 3.8) is 0 Å². The molecule has 0 aromatic heterocycles. The molecule has 0 aromatic carbocycles. The van der Waals surface area contributed by atoms with E-state index >= 15 is 0 Å². The van der Waals surface area contributed by atoms with Gasteiger partial charge in [-0.15, -0.1) is 0 Å². The molecule has 0 heterocycles. The summed E-state index contributed by atoms with van der Waals surface area (Å²) in [4.78, 5) is 6.66. The lowest BCUT2D eigenvalue weighted by Crippen LogP contribution is -2.41. The van der Waals surface area contributed by atoms with Gasteiger partial charge in [-0.05, 0) is 25.7 Å². The van der Waals surface area contributed by atoms with Crippen molar-refractivity contribution in [3.05, 3.63) is 0 Å². The number of hydrogen-bond acceptors (Lipinski definition) is 2.